The van der Waals surface area contributed by atoms with Crippen molar-refractivity contribution in [3.8, 4) is 23.3 Å². The van der Waals surface area contributed by atoms with E-state index in [4.69, 9.17) is 25.8 Å². The molecule has 1 aliphatic heterocycles. The highest BCUT2D eigenvalue weighted by Gasteiger charge is 2.15. The number of carbonyl (C=O) groups excluding carboxylic acids is 2. The first kappa shape index (κ1) is 30.7. The third-order valence-corrected chi connectivity index (χ3v) is 6.00. The van der Waals surface area contributed by atoms with E-state index in [2.05, 4.69) is 27.2 Å². The summed E-state index contributed by atoms with van der Waals surface area (Å²) >= 11 is 6.29. The average Bonchev–Trinajstić information content (AvgIpc) is 2.94. The zero-order valence-electron chi connectivity index (χ0n) is 22.5. The lowest BCUT2D eigenvalue weighted by Crippen LogP contribution is -2.35. The Kier molecular flexibility index (Phi) is 12.0. The lowest BCUT2D eigenvalue weighted by atomic mass is 10.0. The largest absolute Gasteiger partial charge is 0.492 e. The Hall–Kier alpha value is -3.85. The van der Waals surface area contributed by atoms with Crippen molar-refractivity contribution in [2.75, 3.05) is 32.9 Å². The smallest absolute Gasteiger partial charge is 0.257 e. The van der Waals surface area contributed by atoms with Crippen LogP contribution in [0.5, 0.6) is 17.2 Å². The summed E-state index contributed by atoms with van der Waals surface area (Å²) in [5, 5.41) is 29.7. The number of rotatable bonds is 15. The first-order chi connectivity index (χ1) is 19.2. The maximum atomic E-state index is 12.2. The molecule has 3 rings (SSSR count). The van der Waals surface area contributed by atoms with Gasteiger partial charge in [0.2, 0.25) is 5.91 Å². The van der Waals surface area contributed by atoms with Gasteiger partial charge in [-0.25, -0.2) is 5.43 Å². The van der Waals surface area contributed by atoms with E-state index in [0.717, 1.165) is 11.3 Å². The number of nitrogens with one attached hydrogen (secondary N) is 3. The number of hydrogen-bond donors (Lipinski definition) is 4. The van der Waals surface area contributed by atoms with Gasteiger partial charge in [-0.2, -0.15) is 10.4 Å². The van der Waals surface area contributed by atoms with Crippen molar-refractivity contribution in [1.82, 2.24) is 16.1 Å². The van der Waals surface area contributed by atoms with Crippen LogP contribution in [-0.4, -0.2) is 67.7 Å². The van der Waals surface area contributed by atoms with Crippen LogP contribution in [0.3, 0.4) is 0 Å². The topological polar surface area (TPSA) is 154 Å². The number of hydrazone groups is 1. The van der Waals surface area contributed by atoms with Gasteiger partial charge in [-0.15, -0.1) is 0 Å². The lowest BCUT2D eigenvalue weighted by molar-refractivity contribution is -0.123. The second-order valence-corrected chi connectivity index (χ2v) is 9.78. The van der Waals surface area contributed by atoms with Gasteiger partial charge in [-0.1, -0.05) is 25.4 Å². The molecule has 1 heterocycles. The number of aliphatic hydroxyl groups is 1. The first-order valence-electron chi connectivity index (χ1n) is 13.0. The first-order valence-corrected chi connectivity index (χ1v) is 13.4. The highest BCUT2D eigenvalue weighted by atomic mass is 35.5. The number of carbonyl (C=O) groups is 2. The van der Waals surface area contributed by atoms with Crippen LogP contribution in [0.2, 0.25) is 5.02 Å². The van der Waals surface area contributed by atoms with Crippen LogP contribution in [0.4, 0.5) is 0 Å². The second-order valence-electron chi connectivity index (χ2n) is 9.38. The normalized spacial score (nSPS) is 13.6. The minimum atomic E-state index is -0.671. The van der Waals surface area contributed by atoms with Gasteiger partial charge < -0.3 is 30.0 Å². The minimum Gasteiger partial charge on any atom is -0.492 e. The fourth-order valence-electron chi connectivity index (χ4n) is 3.59. The number of hydrogen-bond acceptors (Lipinski definition) is 9. The molecule has 1 atom stereocenters. The number of aliphatic hydroxyl groups excluding tert-OH is 1. The van der Waals surface area contributed by atoms with Crippen LogP contribution in [0.1, 0.15) is 44.2 Å². The van der Waals surface area contributed by atoms with Gasteiger partial charge in [-0.05, 0) is 42.3 Å². The van der Waals surface area contributed by atoms with Crippen molar-refractivity contribution in [1.29, 1.82) is 5.26 Å². The van der Waals surface area contributed by atoms with E-state index in [1.807, 2.05) is 13.8 Å². The SMILES string of the molecule is CC(C)NCC(O)COc1ccc(OCCCNC(=O)COc2ccc(C3=NNC(=O)CC3)cc2Cl)c(C#N)c1. The molecule has 214 valence electrons. The predicted octanol–water partition coefficient (Wildman–Crippen LogP) is 2.53. The highest BCUT2D eigenvalue weighted by Crippen LogP contribution is 2.27. The number of amides is 2. The summed E-state index contributed by atoms with van der Waals surface area (Å²) in [6.45, 7) is 4.92. The number of halogens is 1. The molecule has 0 radical (unpaired) electrons. The van der Waals surface area contributed by atoms with Gasteiger partial charge in [0.15, 0.2) is 6.61 Å². The van der Waals surface area contributed by atoms with E-state index in [0.29, 0.717) is 60.2 Å². The Labute approximate surface area is 238 Å². The van der Waals surface area contributed by atoms with Gasteiger partial charge in [0.05, 0.1) is 22.9 Å². The molecule has 0 bridgehead atoms. The van der Waals surface area contributed by atoms with E-state index in [9.17, 15) is 20.0 Å². The van der Waals surface area contributed by atoms with Crippen LogP contribution in [-0.2, 0) is 9.59 Å². The van der Waals surface area contributed by atoms with Crippen molar-refractivity contribution < 1.29 is 28.9 Å². The van der Waals surface area contributed by atoms with Crippen molar-refractivity contribution >= 4 is 29.1 Å². The van der Waals surface area contributed by atoms with Crippen LogP contribution >= 0.6 is 11.6 Å². The standard InChI is InChI=1S/C28H34ClN5O6/c1-18(2)32-15-21(35)16-39-22-5-8-25(20(12-22)14-30)38-11-3-10-31-28(37)17-40-26-7-4-19(13-23(26)29)24-6-9-27(36)34-33-24/h4-5,7-8,12-13,18,21,32,35H,3,6,9-11,15-17H2,1-2H3,(H,31,37)(H,34,36). The maximum absolute atomic E-state index is 12.2. The van der Waals surface area contributed by atoms with E-state index in [1.54, 1.807) is 36.4 Å². The molecule has 0 aromatic heterocycles. The third-order valence-electron chi connectivity index (χ3n) is 5.70. The van der Waals surface area contributed by atoms with Crippen LogP contribution < -0.4 is 30.3 Å². The Morgan fingerprint density at radius 2 is 1.98 bits per heavy atom. The molecule has 0 fully saturated rings. The molecule has 2 amide bonds. The Balaban J connectivity index is 1.35. The van der Waals surface area contributed by atoms with Crippen molar-refractivity contribution in [2.45, 2.75) is 45.3 Å². The summed E-state index contributed by atoms with van der Waals surface area (Å²) < 4.78 is 16.8. The third kappa shape index (κ3) is 10.0. The van der Waals surface area contributed by atoms with Gasteiger partial charge >= 0.3 is 0 Å². The zero-order chi connectivity index (χ0) is 28.9. The number of nitriles is 1. The molecule has 12 heteroatoms. The average molecular weight is 572 g/mol. The highest BCUT2D eigenvalue weighted by molar-refractivity contribution is 6.32. The monoisotopic (exact) mass is 571 g/mol. The quantitative estimate of drug-likeness (QED) is 0.238. The summed E-state index contributed by atoms with van der Waals surface area (Å²) in [4.78, 5) is 23.4. The van der Waals surface area contributed by atoms with Crippen LogP contribution in [0.25, 0.3) is 0 Å². The van der Waals surface area contributed by atoms with Gasteiger partial charge in [-0.3, -0.25) is 9.59 Å². The fourth-order valence-corrected chi connectivity index (χ4v) is 3.83. The molecule has 4 N–H and O–H groups in total. The van der Waals surface area contributed by atoms with E-state index >= 15 is 0 Å². The second kappa shape index (κ2) is 15.7. The predicted molar refractivity (Wildman–Crippen MR) is 150 cm³/mol. The molecule has 0 saturated carbocycles. The molecular weight excluding hydrogens is 538 g/mol. The number of ether oxygens (including phenoxy) is 3. The van der Waals surface area contributed by atoms with Crippen molar-refractivity contribution in [2.24, 2.45) is 5.10 Å². The van der Waals surface area contributed by atoms with Gasteiger partial charge in [0.25, 0.3) is 5.91 Å². The molecule has 11 nitrogen and oxygen atoms in total. The van der Waals surface area contributed by atoms with E-state index in [1.165, 1.54) is 0 Å². The molecule has 2 aromatic carbocycles. The summed E-state index contributed by atoms with van der Waals surface area (Å²) in [5.41, 5.74) is 4.26. The van der Waals surface area contributed by atoms with Gasteiger partial charge in [0.1, 0.15) is 36.0 Å². The molecule has 40 heavy (non-hydrogen) atoms. The van der Waals surface area contributed by atoms with E-state index < -0.39 is 6.10 Å². The number of nitrogens with zero attached hydrogens (tertiary/aromatic N) is 2. The lowest BCUT2D eigenvalue weighted by Gasteiger charge is -2.15. The van der Waals surface area contributed by atoms with E-state index in [-0.39, 0.29) is 37.7 Å². The minimum absolute atomic E-state index is 0.0996. The van der Waals surface area contributed by atoms with Crippen molar-refractivity contribution in [3.05, 3.63) is 52.5 Å². The Morgan fingerprint density at radius 3 is 2.67 bits per heavy atom. The van der Waals surface area contributed by atoms with Gasteiger partial charge in [0, 0.05) is 38.0 Å². The zero-order valence-corrected chi connectivity index (χ0v) is 23.3. The molecule has 0 aliphatic carbocycles. The molecule has 1 aliphatic rings. The Bertz CT molecular complexity index is 1250. The summed E-state index contributed by atoms with van der Waals surface area (Å²) in [7, 11) is 0. The summed E-state index contributed by atoms with van der Waals surface area (Å²) in [5.74, 6) is 0.797. The van der Waals surface area contributed by atoms with Crippen LogP contribution in [0, 0.1) is 11.3 Å². The number of benzene rings is 2. The van der Waals surface area contributed by atoms with Crippen molar-refractivity contribution in [3.63, 3.8) is 0 Å². The Morgan fingerprint density at radius 1 is 1.18 bits per heavy atom. The fraction of sp³-hybridized carbons (Fsp3) is 0.429. The molecule has 0 spiro atoms. The summed E-state index contributed by atoms with van der Waals surface area (Å²) in [6, 6.07) is 12.3. The molecule has 0 saturated heterocycles. The van der Waals surface area contributed by atoms with Crippen LogP contribution in [0.15, 0.2) is 41.5 Å². The summed E-state index contributed by atoms with van der Waals surface area (Å²) in [6.07, 6.45) is 0.727. The molecular formula is C28H34ClN5O6. The maximum Gasteiger partial charge on any atom is 0.257 e. The molecule has 1 unspecified atom stereocenters. The molecule has 2 aromatic rings.